The van der Waals surface area contributed by atoms with Gasteiger partial charge in [0.05, 0.1) is 22.3 Å². The first-order valence-electron chi connectivity index (χ1n) is 8.45. The van der Waals surface area contributed by atoms with Crippen LogP contribution in [0.2, 0.25) is 5.02 Å². The number of amides is 2. The number of hydrogen-bond donors (Lipinski definition) is 1. The second-order valence-electron chi connectivity index (χ2n) is 6.77. The van der Waals surface area contributed by atoms with Crippen LogP contribution in [0.4, 0.5) is 32.4 Å². The van der Waals surface area contributed by atoms with Crippen molar-refractivity contribution in [1.29, 1.82) is 0 Å². The normalized spacial score (nSPS) is 20.9. The Morgan fingerprint density at radius 2 is 2.00 bits per heavy atom. The maximum Gasteiger partial charge on any atom is 0.417 e. The molecule has 28 heavy (non-hydrogen) atoms. The summed E-state index contributed by atoms with van der Waals surface area (Å²) in [7, 11) is 0. The van der Waals surface area contributed by atoms with Crippen LogP contribution in [0, 0.1) is 11.8 Å². The lowest BCUT2D eigenvalue weighted by Crippen LogP contribution is -2.44. The molecule has 3 heterocycles. The first kappa shape index (κ1) is 18.9. The van der Waals surface area contributed by atoms with Gasteiger partial charge in [-0.05, 0) is 43.0 Å². The number of nitrogens with zero attached hydrogens (tertiary/aromatic N) is 2. The average molecular weight is 418 g/mol. The summed E-state index contributed by atoms with van der Waals surface area (Å²) in [5.41, 5.74) is -0.807. The first-order chi connectivity index (χ1) is 13.2. The van der Waals surface area contributed by atoms with Crippen molar-refractivity contribution in [3.05, 3.63) is 57.9 Å². The van der Waals surface area contributed by atoms with Crippen molar-refractivity contribution >= 4 is 23.3 Å². The number of carbonyl (C=O) groups excluding carboxylic acids is 1. The molecule has 2 aliphatic rings. The Bertz CT molecular complexity index is 965. The van der Waals surface area contributed by atoms with Crippen molar-refractivity contribution in [2.75, 3.05) is 5.32 Å². The third kappa shape index (κ3) is 3.07. The summed E-state index contributed by atoms with van der Waals surface area (Å²) in [6.45, 7) is 0. The van der Waals surface area contributed by atoms with E-state index in [0.717, 1.165) is 0 Å². The summed E-state index contributed by atoms with van der Waals surface area (Å²) in [4.78, 5) is 17.8. The highest BCUT2D eigenvalue weighted by Crippen LogP contribution is 2.44. The molecule has 0 saturated carbocycles. The van der Waals surface area contributed by atoms with Gasteiger partial charge >= 0.3 is 12.2 Å². The Balaban J connectivity index is 1.64. The van der Waals surface area contributed by atoms with Crippen LogP contribution in [-0.4, -0.2) is 22.0 Å². The SMILES string of the molecule is O=C(Nc1cc(C(F)(F)F)c(Cl)cc1F)N1C2CCC1c1ccnc(F)c1C2. The molecule has 2 atom stereocenters. The summed E-state index contributed by atoms with van der Waals surface area (Å²) in [5.74, 6) is -1.67. The number of fused-ring (bicyclic) bond motifs is 4. The highest BCUT2D eigenvalue weighted by molar-refractivity contribution is 6.31. The van der Waals surface area contributed by atoms with Crippen LogP contribution < -0.4 is 5.32 Å². The minimum atomic E-state index is -4.79. The van der Waals surface area contributed by atoms with Crippen LogP contribution in [0.15, 0.2) is 24.4 Å². The number of nitrogens with one attached hydrogen (secondary N) is 1. The van der Waals surface area contributed by atoms with Crippen molar-refractivity contribution in [1.82, 2.24) is 9.88 Å². The maximum atomic E-state index is 14.1. The first-order valence-corrected chi connectivity index (χ1v) is 8.83. The number of benzene rings is 1. The van der Waals surface area contributed by atoms with Gasteiger partial charge in [0, 0.05) is 17.8 Å². The molecule has 1 aromatic heterocycles. The fourth-order valence-electron chi connectivity index (χ4n) is 3.97. The molecule has 2 unspecified atom stereocenters. The Kier molecular flexibility index (Phi) is 4.45. The van der Waals surface area contributed by atoms with Crippen LogP contribution in [0.5, 0.6) is 0 Å². The van der Waals surface area contributed by atoms with Gasteiger partial charge < -0.3 is 10.2 Å². The van der Waals surface area contributed by atoms with E-state index in [9.17, 15) is 26.7 Å². The third-order valence-corrected chi connectivity index (χ3v) is 5.49. The molecule has 2 amide bonds. The zero-order chi connectivity index (χ0) is 20.2. The third-order valence-electron chi connectivity index (χ3n) is 5.18. The number of aromatic nitrogens is 1. The lowest BCUT2D eigenvalue weighted by Gasteiger charge is -2.36. The maximum absolute atomic E-state index is 14.1. The lowest BCUT2D eigenvalue weighted by atomic mass is 9.95. The van der Waals surface area contributed by atoms with E-state index < -0.39 is 46.3 Å². The van der Waals surface area contributed by atoms with E-state index in [2.05, 4.69) is 10.3 Å². The van der Waals surface area contributed by atoms with Gasteiger partial charge in [-0.25, -0.2) is 14.2 Å². The van der Waals surface area contributed by atoms with Crippen LogP contribution in [-0.2, 0) is 12.6 Å². The van der Waals surface area contributed by atoms with Crippen molar-refractivity contribution < 1.29 is 26.7 Å². The molecule has 1 fully saturated rings. The van der Waals surface area contributed by atoms with Crippen molar-refractivity contribution in [2.45, 2.75) is 37.5 Å². The topological polar surface area (TPSA) is 45.2 Å². The highest BCUT2D eigenvalue weighted by Gasteiger charge is 2.44. The number of carbonyl (C=O) groups is 1. The summed E-state index contributed by atoms with van der Waals surface area (Å²) in [5, 5.41) is 1.42. The summed E-state index contributed by atoms with van der Waals surface area (Å²) in [6, 6.07) is 1.08. The molecular formula is C18H13ClF5N3O. The average Bonchev–Trinajstić information content (AvgIpc) is 2.92. The molecule has 1 N–H and O–H groups in total. The van der Waals surface area contributed by atoms with Gasteiger partial charge in [-0.1, -0.05) is 11.6 Å². The second-order valence-corrected chi connectivity index (χ2v) is 7.17. The van der Waals surface area contributed by atoms with Gasteiger partial charge in [0.25, 0.3) is 0 Å². The fourth-order valence-corrected chi connectivity index (χ4v) is 4.23. The van der Waals surface area contributed by atoms with E-state index in [1.54, 1.807) is 6.07 Å². The number of hydrogen-bond acceptors (Lipinski definition) is 2. The second kappa shape index (κ2) is 6.58. The van der Waals surface area contributed by atoms with Crippen LogP contribution in [0.3, 0.4) is 0 Å². The molecule has 1 aromatic carbocycles. The van der Waals surface area contributed by atoms with E-state index >= 15 is 0 Å². The number of urea groups is 1. The molecule has 4 nitrogen and oxygen atoms in total. The quantitative estimate of drug-likeness (QED) is 0.504. The lowest BCUT2D eigenvalue weighted by molar-refractivity contribution is -0.137. The molecule has 0 radical (unpaired) electrons. The number of rotatable bonds is 1. The molecule has 2 aromatic rings. The molecule has 0 aliphatic carbocycles. The Morgan fingerprint density at radius 1 is 1.25 bits per heavy atom. The Labute approximate surface area is 161 Å². The molecule has 1 saturated heterocycles. The predicted molar refractivity (Wildman–Crippen MR) is 90.9 cm³/mol. The molecule has 148 valence electrons. The van der Waals surface area contributed by atoms with Crippen LogP contribution >= 0.6 is 11.6 Å². The molecule has 10 heteroatoms. The zero-order valence-electron chi connectivity index (χ0n) is 14.2. The van der Waals surface area contributed by atoms with E-state index in [1.165, 1.54) is 11.1 Å². The van der Waals surface area contributed by atoms with Gasteiger partial charge in [-0.15, -0.1) is 0 Å². The van der Waals surface area contributed by atoms with Gasteiger partial charge in [0.1, 0.15) is 5.82 Å². The van der Waals surface area contributed by atoms with Gasteiger partial charge in [-0.2, -0.15) is 17.6 Å². The van der Waals surface area contributed by atoms with Crippen molar-refractivity contribution in [2.24, 2.45) is 0 Å². The number of pyridine rings is 1. The smallest absolute Gasteiger partial charge is 0.314 e. The summed E-state index contributed by atoms with van der Waals surface area (Å²) >= 11 is 5.47. The van der Waals surface area contributed by atoms with E-state index in [4.69, 9.17) is 11.6 Å². The monoisotopic (exact) mass is 417 g/mol. The van der Waals surface area contributed by atoms with E-state index in [0.29, 0.717) is 36.1 Å². The van der Waals surface area contributed by atoms with Crippen LogP contribution in [0.25, 0.3) is 0 Å². The zero-order valence-corrected chi connectivity index (χ0v) is 14.9. The Hall–Kier alpha value is -2.42. The number of alkyl halides is 3. The van der Waals surface area contributed by atoms with E-state index in [1.807, 2.05) is 0 Å². The van der Waals surface area contributed by atoms with Gasteiger partial charge in [0.15, 0.2) is 0 Å². The van der Waals surface area contributed by atoms with E-state index in [-0.39, 0.29) is 12.5 Å². The number of anilines is 1. The minimum Gasteiger partial charge on any atom is -0.314 e. The summed E-state index contributed by atoms with van der Waals surface area (Å²) < 4.78 is 67.1. The molecule has 0 spiro atoms. The highest BCUT2D eigenvalue weighted by atomic mass is 35.5. The number of halogens is 6. The Morgan fingerprint density at radius 3 is 2.71 bits per heavy atom. The van der Waals surface area contributed by atoms with Gasteiger partial charge in [-0.3, -0.25) is 0 Å². The molecule has 4 rings (SSSR count). The predicted octanol–water partition coefficient (Wildman–Crippen LogP) is 5.33. The molecular weight excluding hydrogens is 405 g/mol. The molecule has 2 aliphatic heterocycles. The van der Waals surface area contributed by atoms with Crippen molar-refractivity contribution in [3.63, 3.8) is 0 Å². The summed E-state index contributed by atoms with van der Waals surface area (Å²) in [6.07, 6.45) is -2.07. The van der Waals surface area contributed by atoms with Crippen LogP contribution in [0.1, 0.15) is 35.6 Å². The fraction of sp³-hybridized carbons (Fsp3) is 0.333. The molecule has 2 bridgehead atoms. The minimum absolute atomic E-state index is 0.246. The van der Waals surface area contributed by atoms with Gasteiger partial charge in [0.2, 0.25) is 5.95 Å². The van der Waals surface area contributed by atoms with Crippen molar-refractivity contribution in [3.8, 4) is 0 Å². The standard InChI is InChI=1S/C18H13ClF5N3O/c19-12-7-13(20)14(6-11(12)18(22,23)24)26-17(28)27-8-1-2-15(27)9-3-4-25-16(21)10(9)5-8/h3-4,6-8,15H,1-2,5H2,(H,26,28). The largest absolute Gasteiger partial charge is 0.417 e.